The Morgan fingerprint density at radius 3 is 2.90 bits per heavy atom. The Morgan fingerprint density at radius 1 is 1.40 bits per heavy atom. The monoisotopic (exact) mass is 291 g/mol. The van der Waals surface area contributed by atoms with Crippen LogP contribution in [-0.4, -0.2) is 23.2 Å². The second-order valence-electron chi connectivity index (χ2n) is 4.39. The maximum atomic E-state index is 12.1. The van der Waals surface area contributed by atoms with Crippen molar-refractivity contribution in [2.24, 2.45) is 0 Å². The van der Waals surface area contributed by atoms with Gasteiger partial charge in [-0.1, -0.05) is 24.3 Å². The number of aryl methyl sites for hydroxylation is 2. The molecular weight excluding hydrogens is 274 g/mol. The average Bonchev–Trinajstić information content (AvgIpc) is 2.87. The van der Waals surface area contributed by atoms with Gasteiger partial charge in [0, 0.05) is 12.0 Å². The second kappa shape index (κ2) is 6.47. The number of benzene rings is 1. The lowest BCUT2D eigenvalue weighted by molar-refractivity contribution is 0.102. The number of anilines is 1. The standard InChI is InChI=1S/C14H17N3O2S/c1-4-5-12-16-17-14(20-12)15-13(18)10-7-6-9(2)11(8-10)19-3/h6-8H,4-5H2,1-3H3,(H,15,17,18). The number of ether oxygens (including phenoxy) is 1. The quantitative estimate of drug-likeness (QED) is 0.919. The van der Waals surface area contributed by atoms with Crippen LogP contribution in [0.3, 0.4) is 0 Å². The van der Waals surface area contributed by atoms with Gasteiger partial charge in [-0.2, -0.15) is 0 Å². The second-order valence-corrected chi connectivity index (χ2v) is 5.45. The Balaban J connectivity index is 2.11. The van der Waals surface area contributed by atoms with Crippen molar-refractivity contribution in [2.75, 3.05) is 12.4 Å². The number of aromatic nitrogens is 2. The summed E-state index contributed by atoms with van der Waals surface area (Å²) in [6.07, 6.45) is 1.89. The first-order valence-corrected chi connectivity index (χ1v) is 7.24. The first-order chi connectivity index (χ1) is 9.63. The zero-order valence-electron chi connectivity index (χ0n) is 11.8. The smallest absolute Gasteiger partial charge is 0.257 e. The number of nitrogens with zero attached hydrogens (tertiary/aromatic N) is 2. The Bertz CT molecular complexity index is 610. The Labute approximate surface area is 122 Å². The summed E-state index contributed by atoms with van der Waals surface area (Å²) >= 11 is 1.41. The minimum absolute atomic E-state index is 0.206. The fourth-order valence-corrected chi connectivity index (χ4v) is 2.59. The fraction of sp³-hybridized carbons (Fsp3) is 0.357. The number of carbonyl (C=O) groups excluding carboxylic acids is 1. The average molecular weight is 291 g/mol. The molecule has 0 radical (unpaired) electrons. The van der Waals surface area contributed by atoms with Crippen LogP contribution >= 0.6 is 11.3 Å². The zero-order chi connectivity index (χ0) is 14.5. The van der Waals surface area contributed by atoms with Crippen molar-refractivity contribution in [2.45, 2.75) is 26.7 Å². The van der Waals surface area contributed by atoms with Crippen molar-refractivity contribution < 1.29 is 9.53 Å². The highest BCUT2D eigenvalue weighted by molar-refractivity contribution is 7.15. The van der Waals surface area contributed by atoms with Crippen molar-refractivity contribution in [3.05, 3.63) is 34.3 Å². The van der Waals surface area contributed by atoms with Crippen LogP contribution in [0.5, 0.6) is 5.75 Å². The lowest BCUT2D eigenvalue weighted by atomic mass is 10.1. The largest absolute Gasteiger partial charge is 0.496 e. The third-order valence-electron chi connectivity index (χ3n) is 2.82. The highest BCUT2D eigenvalue weighted by Crippen LogP contribution is 2.21. The molecule has 0 saturated carbocycles. The van der Waals surface area contributed by atoms with Crippen LogP contribution in [-0.2, 0) is 6.42 Å². The van der Waals surface area contributed by atoms with E-state index in [9.17, 15) is 4.79 Å². The molecule has 1 heterocycles. The van der Waals surface area contributed by atoms with Crippen molar-refractivity contribution in [1.29, 1.82) is 0 Å². The topological polar surface area (TPSA) is 64.1 Å². The molecule has 1 aromatic carbocycles. The minimum atomic E-state index is -0.206. The van der Waals surface area contributed by atoms with Crippen LogP contribution in [0.2, 0.25) is 0 Å². The molecule has 20 heavy (non-hydrogen) atoms. The number of methoxy groups -OCH3 is 1. The van der Waals surface area contributed by atoms with E-state index in [1.54, 1.807) is 19.2 Å². The SMILES string of the molecule is CCCc1nnc(NC(=O)c2ccc(C)c(OC)c2)s1. The van der Waals surface area contributed by atoms with Gasteiger partial charge < -0.3 is 4.74 Å². The molecule has 106 valence electrons. The Morgan fingerprint density at radius 2 is 2.20 bits per heavy atom. The molecule has 1 aromatic heterocycles. The van der Waals surface area contributed by atoms with E-state index < -0.39 is 0 Å². The molecule has 2 aromatic rings. The summed E-state index contributed by atoms with van der Waals surface area (Å²) in [6.45, 7) is 4.01. The van der Waals surface area contributed by atoms with Crippen LogP contribution in [0.4, 0.5) is 5.13 Å². The first-order valence-electron chi connectivity index (χ1n) is 6.42. The van der Waals surface area contributed by atoms with Gasteiger partial charge in [-0.15, -0.1) is 10.2 Å². The molecule has 0 fully saturated rings. The summed E-state index contributed by atoms with van der Waals surface area (Å²) in [6, 6.07) is 5.34. The highest BCUT2D eigenvalue weighted by Gasteiger charge is 2.11. The van der Waals surface area contributed by atoms with Crippen molar-refractivity contribution >= 4 is 22.4 Å². The molecule has 0 aliphatic rings. The number of amides is 1. The van der Waals surface area contributed by atoms with Crippen LogP contribution in [0.1, 0.15) is 34.3 Å². The van der Waals surface area contributed by atoms with Crippen molar-refractivity contribution in [3.8, 4) is 5.75 Å². The number of nitrogens with one attached hydrogen (secondary N) is 1. The molecule has 0 unspecified atom stereocenters. The molecule has 6 heteroatoms. The zero-order valence-corrected chi connectivity index (χ0v) is 12.6. The Kier molecular flexibility index (Phi) is 4.68. The number of carbonyl (C=O) groups is 1. The summed E-state index contributed by atoms with van der Waals surface area (Å²) in [4.78, 5) is 12.1. The van der Waals surface area contributed by atoms with Crippen LogP contribution in [0.15, 0.2) is 18.2 Å². The molecule has 1 amide bonds. The van der Waals surface area contributed by atoms with E-state index in [2.05, 4.69) is 22.4 Å². The van der Waals surface area contributed by atoms with Gasteiger partial charge in [-0.3, -0.25) is 10.1 Å². The third kappa shape index (κ3) is 3.33. The molecule has 0 atom stereocenters. The summed E-state index contributed by atoms with van der Waals surface area (Å²) in [5.41, 5.74) is 1.53. The van der Waals surface area contributed by atoms with Gasteiger partial charge in [0.15, 0.2) is 0 Å². The van der Waals surface area contributed by atoms with Gasteiger partial charge in [-0.25, -0.2) is 0 Å². The Hall–Kier alpha value is -1.95. The van der Waals surface area contributed by atoms with Crippen molar-refractivity contribution in [1.82, 2.24) is 10.2 Å². The van der Waals surface area contributed by atoms with E-state index in [1.165, 1.54) is 11.3 Å². The molecule has 5 nitrogen and oxygen atoms in total. The molecule has 2 rings (SSSR count). The van der Waals surface area contributed by atoms with Crippen LogP contribution < -0.4 is 10.1 Å². The number of hydrogen-bond donors (Lipinski definition) is 1. The number of hydrogen-bond acceptors (Lipinski definition) is 5. The summed E-state index contributed by atoms with van der Waals surface area (Å²) in [5, 5.41) is 12.2. The fourth-order valence-electron chi connectivity index (χ4n) is 1.75. The summed E-state index contributed by atoms with van der Waals surface area (Å²) in [5.74, 6) is 0.490. The molecule has 0 aliphatic heterocycles. The van der Waals surface area contributed by atoms with E-state index in [-0.39, 0.29) is 5.91 Å². The predicted molar refractivity (Wildman–Crippen MR) is 79.6 cm³/mol. The highest BCUT2D eigenvalue weighted by atomic mass is 32.1. The van der Waals surface area contributed by atoms with Crippen LogP contribution in [0.25, 0.3) is 0 Å². The molecule has 0 aliphatic carbocycles. The maximum Gasteiger partial charge on any atom is 0.257 e. The van der Waals surface area contributed by atoms with E-state index in [4.69, 9.17) is 4.74 Å². The summed E-state index contributed by atoms with van der Waals surface area (Å²) in [7, 11) is 1.59. The molecular formula is C14H17N3O2S. The number of rotatable bonds is 5. The van der Waals surface area contributed by atoms with Crippen molar-refractivity contribution in [3.63, 3.8) is 0 Å². The lowest BCUT2D eigenvalue weighted by Crippen LogP contribution is -2.12. The lowest BCUT2D eigenvalue weighted by Gasteiger charge is -2.07. The molecule has 0 bridgehead atoms. The first kappa shape index (κ1) is 14.5. The van der Waals surface area contributed by atoms with E-state index in [1.807, 2.05) is 13.0 Å². The van der Waals surface area contributed by atoms with Gasteiger partial charge in [0.05, 0.1) is 7.11 Å². The van der Waals surface area contributed by atoms with Gasteiger partial charge in [0.2, 0.25) is 5.13 Å². The third-order valence-corrected chi connectivity index (χ3v) is 3.72. The van der Waals surface area contributed by atoms with Gasteiger partial charge in [-0.05, 0) is 31.0 Å². The normalized spacial score (nSPS) is 10.3. The van der Waals surface area contributed by atoms with Gasteiger partial charge in [0.25, 0.3) is 5.91 Å². The predicted octanol–water partition coefficient (Wildman–Crippen LogP) is 3.06. The molecule has 0 saturated heterocycles. The van der Waals surface area contributed by atoms with E-state index in [0.29, 0.717) is 16.4 Å². The van der Waals surface area contributed by atoms with Gasteiger partial charge in [0.1, 0.15) is 10.8 Å². The molecule has 0 spiro atoms. The minimum Gasteiger partial charge on any atom is -0.496 e. The summed E-state index contributed by atoms with van der Waals surface area (Å²) < 4.78 is 5.22. The van der Waals surface area contributed by atoms with Gasteiger partial charge >= 0.3 is 0 Å². The van der Waals surface area contributed by atoms with Crippen LogP contribution in [0, 0.1) is 6.92 Å². The van der Waals surface area contributed by atoms with E-state index in [0.717, 1.165) is 23.4 Å². The van der Waals surface area contributed by atoms with E-state index >= 15 is 0 Å². The maximum absolute atomic E-state index is 12.1. The molecule has 1 N–H and O–H groups in total.